The smallest absolute Gasteiger partial charge is 0.219 e. The Labute approximate surface area is 197 Å². The molecule has 4 heterocycles. The zero-order valence-electron chi connectivity index (χ0n) is 18.8. The third kappa shape index (κ3) is 4.11. The van der Waals surface area contributed by atoms with Crippen LogP contribution in [0.25, 0.3) is 33.4 Å². The van der Waals surface area contributed by atoms with Crippen LogP contribution in [0.15, 0.2) is 58.2 Å². The number of anilines is 1. The molecule has 1 amide bonds. The summed E-state index contributed by atoms with van der Waals surface area (Å²) in [7, 11) is 0. The maximum atomic E-state index is 11.6. The molecule has 8 heteroatoms. The molecule has 1 aromatic carbocycles. The SMILES string of the molecule is CCSc1ccccc1-c1cc2c(-c3cnn(C4CCN(C(C)=O)CC4)c3)cnc(N)c2o1. The molecule has 0 aliphatic carbocycles. The van der Waals surface area contributed by atoms with Crippen molar-refractivity contribution in [3.8, 4) is 22.5 Å². The zero-order valence-corrected chi connectivity index (χ0v) is 19.6. The van der Waals surface area contributed by atoms with Gasteiger partial charge >= 0.3 is 0 Å². The van der Waals surface area contributed by atoms with E-state index in [4.69, 9.17) is 10.2 Å². The summed E-state index contributed by atoms with van der Waals surface area (Å²) in [5.74, 6) is 2.28. The molecule has 0 radical (unpaired) electrons. The molecule has 0 saturated carbocycles. The summed E-state index contributed by atoms with van der Waals surface area (Å²) < 4.78 is 8.24. The normalized spacial score (nSPS) is 14.8. The van der Waals surface area contributed by atoms with Crippen LogP contribution in [0, 0.1) is 0 Å². The molecule has 1 aliphatic heterocycles. The standard InChI is InChI=1S/C25H27N5O2S/c1-3-33-23-7-5-4-6-19(23)22-12-20-21(14-27-25(26)24(20)32-22)17-13-28-30(15-17)18-8-10-29(11-9-18)16(2)31/h4-7,12-15,18H,3,8-11H2,1-2H3,(H2,26,27). The molecule has 0 unspecified atom stereocenters. The van der Waals surface area contributed by atoms with Crippen LogP contribution in [-0.2, 0) is 4.79 Å². The third-order valence-corrected chi connectivity index (χ3v) is 7.19. The Morgan fingerprint density at radius 1 is 1.21 bits per heavy atom. The van der Waals surface area contributed by atoms with Crippen molar-refractivity contribution in [2.24, 2.45) is 0 Å². The fraction of sp³-hybridized carbons (Fsp3) is 0.320. The van der Waals surface area contributed by atoms with Crippen molar-refractivity contribution < 1.29 is 9.21 Å². The Morgan fingerprint density at radius 3 is 2.76 bits per heavy atom. The number of benzene rings is 1. The van der Waals surface area contributed by atoms with Crippen molar-refractivity contribution in [1.82, 2.24) is 19.7 Å². The summed E-state index contributed by atoms with van der Waals surface area (Å²) in [6, 6.07) is 10.6. The maximum Gasteiger partial charge on any atom is 0.219 e. The molecule has 170 valence electrons. The number of fused-ring (bicyclic) bond motifs is 1. The number of nitrogen functional groups attached to an aromatic ring is 1. The molecule has 0 spiro atoms. The van der Waals surface area contributed by atoms with Crippen molar-refractivity contribution in [3.63, 3.8) is 0 Å². The maximum absolute atomic E-state index is 11.6. The Hall–Kier alpha value is -3.26. The fourth-order valence-electron chi connectivity index (χ4n) is 4.48. The van der Waals surface area contributed by atoms with Gasteiger partial charge in [0.15, 0.2) is 11.4 Å². The molecule has 0 atom stereocenters. The highest BCUT2D eigenvalue weighted by Gasteiger charge is 2.23. The number of rotatable bonds is 5. The topological polar surface area (TPSA) is 90.2 Å². The second kappa shape index (κ2) is 8.94. The molecule has 33 heavy (non-hydrogen) atoms. The number of nitrogens with zero attached hydrogens (tertiary/aromatic N) is 4. The summed E-state index contributed by atoms with van der Waals surface area (Å²) in [4.78, 5) is 19.1. The van der Waals surface area contributed by atoms with Crippen molar-refractivity contribution in [3.05, 3.63) is 48.9 Å². The largest absolute Gasteiger partial charge is 0.452 e. The van der Waals surface area contributed by atoms with Crippen molar-refractivity contribution in [2.75, 3.05) is 24.6 Å². The van der Waals surface area contributed by atoms with E-state index >= 15 is 0 Å². The van der Waals surface area contributed by atoms with Gasteiger partial charge in [-0.3, -0.25) is 9.48 Å². The predicted octanol–water partition coefficient (Wildman–Crippen LogP) is 5.24. The minimum Gasteiger partial charge on any atom is -0.452 e. The fourth-order valence-corrected chi connectivity index (χ4v) is 5.29. The first-order valence-corrected chi connectivity index (χ1v) is 12.2. The summed E-state index contributed by atoms with van der Waals surface area (Å²) in [5.41, 5.74) is 9.76. The second-order valence-electron chi connectivity index (χ2n) is 8.29. The molecular formula is C25H27N5O2S. The highest BCUT2D eigenvalue weighted by molar-refractivity contribution is 7.99. The lowest BCUT2D eigenvalue weighted by Gasteiger charge is -2.31. The van der Waals surface area contributed by atoms with E-state index < -0.39 is 0 Å². The molecule has 5 rings (SSSR count). The van der Waals surface area contributed by atoms with E-state index in [1.54, 1.807) is 24.9 Å². The second-order valence-corrected chi connectivity index (χ2v) is 9.59. The average molecular weight is 462 g/mol. The van der Waals surface area contributed by atoms with Gasteiger partial charge in [-0.15, -0.1) is 11.8 Å². The van der Waals surface area contributed by atoms with E-state index in [2.05, 4.69) is 41.4 Å². The van der Waals surface area contributed by atoms with Crippen LogP contribution in [0.4, 0.5) is 5.82 Å². The number of furan rings is 1. The van der Waals surface area contributed by atoms with Gasteiger partial charge in [0, 0.05) is 59.4 Å². The van der Waals surface area contributed by atoms with Crippen LogP contribution in [0.2, 0.25) is 0 Å². The van der Waals surface area contributed by atoms with Crippen LogP contribution in [0.1, 0.15) is 32.7 Å². The van der Waals surface area contributed by atoms with Crippen LogP contribution >= 0.6 is 11.8 Å². The lowest BCUT2D eigenvalue weighted by atomic mass is 10.0. The molecule has 2 N–H and O–H groups in total. The molecule has 1 saturated heterocycles. The summed E-state index contributed by atoms with van der Waals surface area (Å²) in [6.07, 6.45) is 7.53. The Morgan fingerprint density at radius 2 is 2.00 bits per heavy atom. The highest BCUT2D eigenvalue weighted by atomic mass is 32.2. The van der Waals surface area contributed by atoms with E-state index in [1.165, 1.54) is 4.90 Å². The van der Waals surface area contributed by atoms with E-state index in [0.29, 0.717) is 11.4 Å². The Balaban J connectivity index is 1.49. The van der Waals surface area contributed by atoms with Crippen LogP contribution in [0.3, 0.4) is 0 Å². The van der Waals surface area contributed by atoms with Gasteiger partial charge < -0.3 is 15.1 Å². The summed E-state index contributed by atoms with van der Waals surface area (Å²) in [5, 5.41) is 5.57. The van der Waals surface area contributed by atoms with Gasteiger partial charge in [0.25, 0.3) is 0 Å². The monoisotopic (exact) mass is 461 g/mol. The Kier molecular flexibility index (Phi) is 5.85. The van der Waals surface area contributed by atoms with Gasteiger partial charge in [-0.05, 0) is 30.7 Å². The van der Waals surface area contributed by atoms with Crippen molar-refractivity contribution in [2.45, 2.75) is 37.6 Å². The number of hydrogen-bond donors (Lipinski definition) is 1. The first-order valence-electron chi connectivity index (χ1n) is 11.3. The quantitative estimate of drug-likeness (QED) is 0.409. The lowest BCUT2D eigenvalue weighted by molar-refractivity contribution is -0.130. The van der Waals surface area contributed by atoms with Gasteiger partial charge in [-0.2, -0.15) is 5.10 Å². The van der Waals surface area contributed by atoms with Crippen LogP contribution in [0.5, 0.6) is 0 Å². The lowest BCUT2D eigenvalue weighted by Crippen LogP contribution is -2.37. The number of nitrogens with two attached hydrogens (primary N) is 1. The number of likely N-dealkylation sites (tertiary alicyclic amines) is 1. The number of hydrogen-bond acceptors (Lipinski definition) is 6. The average Bonchev–Trinajstić information content (AvgIpc) is 3.49. The molecule has 1 aliphatic rings. The molecule has 7 nitrogen and oxygen atoms in total. The van der Waals surface area contributed by atoms with Gasteiger partial charge in [-0.1, -0.05) is 25.1 Å². The van der Waals surface area contributed by atoms with Crippen LogP contribution < -0.4 is 5.73 Å². The van der Waals surface area contributed by atoms with Crippen molar-refractivity contribution >= 4 is 34.5 Å². The number of carbonyl (C=O) groups is 1. The van der Waals surface area contributed by atoms with E-state index in [9.17, 15) is 4.79 Å². The number of piperidine rings is 1. The van der Waals surface area contributed by atoms with Crippen molar-refractivity contribution in [1.29, 1.82) is 0 Å². The molecule has 0 bridgehead atoms. The summed E-state index contributed by atoms with van der Waals surface area (Å²) in [6.45, 7) is 5.30. The van der Waals surface area contributed by atoms with Gasteiger partial charge in [0.2, 0.25) is 5.91 Å². The molecular weight excluding hydrogens is 434 g/mol. The van der Waals surface area contributed by atoms with Gasteiger partial charge in [0.05, 0.1) is 12.2 Å². The first kappa shape index (κ1) is 21.6. The van der Waals surface area contributed by atoms with E-state index in [1.807, 2.05) is 27.9 Å². The number of carbonyl (C=O) groups excluding carboxylic acids is 1. The predicted molar refractivity (Wildman–Crippen MR) is 132 cm³/mol. The number of thioether (sulfide) groups is 1. The number of pyridine rings is 1. The minimum atomic E-state index is 0.139. The Bertz CT molecular complexity index is 1300. The number of aromatic nitrogens is 3. The highest BCUT2D eigenvalue weighted by Crippen LogP contribution is 2.39. The molecule has 3 aromatic heterocycles. The van der Waals surface area contributed by atoms with E-state index in [-0.39, 0.29) is 11.9 Å². The summed E-state index contributed by atoms with van der Waals surface area (Å²) >= 11 is 1.79. The van der Waals surface area contributed by atoms with Crippen LogP contribution in [-0.4, -0.2) is 44.4 Å². The minimum absolute atomic E-state index is 0.139. The third-order valence-electron chi connectivity index (χ3n) is 6.24. The van der Waals surface area contributed by atoms with Gasteiger partial charge in [-0.25, -0.2) is 4.98 Å². The van der Waals surface area contributed by atoms with E-state index in [0.717, 1.165) is 59.5 Å². The zero-order chi connectivity index (χ0) is 22.9. The molecule has 1 fully saturated rings. The first-order chi connectivity index (χ1) is 16.0. The molecule has 4 aromatic rings. The van der Waals surface area contributed by atoms with Gasteiger partial charge in [0.1, 0.15) is 5.76 Å². The number of amides is 1.